The van der Waals surface area contributed by atoms with Crippen LogP contribution < -0.4 is 15.3 Å². The Kier molecular flexibility index (Phi) is 6.10. The van der Waals surface area contributed by atoms with Crippen LogP contribution in [0.5, 0.6) is 5.75 Å². The van der Waals surface area contributed by atoms with Gasteiger partial charge in [0, 0.05) is 38.8 Å². The molecule has 32 heavy (non-hydrogen) atoms. The van der Waals surface area contributed by atoms with Crippen molar-refractivity contribution in [3.8, 4) is 11.8 Å². The summed E-state index contributed by atoms with van der Waals surface area (Å²) in [6, 6.07) is 14.3. The highest BCUT2D eigenvalue weighted by Gasteiger charge is 2.31. The first-order chi connectivity index (χ1) is 15.5. The number of hydrogen-bond acceptors (Lipinski definition) is 7. The van der Waals surface area contributed by atoms with E-state index in [0.717, 1.165) is 31.8 Å². The van der Waals surface area contributed by atoms with E-state index in [1.165, 1.54) is 10.1 Å². The summed E-state index contributed by atoms with van der Waals surface area (Å²) in [6.07, 6.45) is 0.969. The molecule has 3 heterocycles. The molecule has 0 N–H and O–H groups in total. The number of hydrogen-bond donors (Lipinski definition) is 0. The fraction of sp³-hybridized carbons (Fsp3) is 0.417. The van der Waals surface area contributed by atoms with Crippen LogP contribution in [0, 0.1) is 11.3 Å². The van der Waals surface area contributed by atoms with Crippen LogP contribution in [0.25, 0.3) is 11.0 Å². The topological polar surface area (TPSA) is 87.3 Å². The highest BCUT2D eigenvalue weighted by Crippen LogP contribution is 2.30. The van der Waals surface area contributed by atoms with Gasteiger partial charge in [0.1, 0.15) is 23.0 Å². The molecule has 0 spiro atoms. The van der Waals surface area contributed by atoms with E-state index in [9.17, 15) is 10.1 Å². The molecule has 1 aliphatic heterocycles. The number of nitrogens with zero attached hydrogens (tertiary/aromatic N) is 6. The number of aryl methyl sites for hydroxylation is 1. The minimum Gasteiger partial charge on any atom is -0.497 e. The largest absolute Gasteiger partial charge is 0.497 e. The lowest BCUT2D eigenvalue weighted by molar-refractivity contribution is 0.124. The van der Waals surface area contributed by atoms with Gasteiger partial charge in [-0.3, -0.25) is 9.47 Å². The number of benzene rings is 1. The number of pyridine rings is 1. The summed E-state index contributed by atoms with van der Waals surface area (Å²) in [7, 11) is 3.35. The van der Waals surface area contributed by atoms with E-state index < -0.39 is 0 Å². The van der Waals surface area contributed by atoms with Crippen LogP contribution in [0.3, 0.4) is 0 Å². The molecule has 3 aromatic rings. The fourth-order valence-electron chi connectivity index (χ4n) is 4.50. The Labute approximate surface area is 187 Å². The maximum Gasteiger partial charge on any atom is 0.349 e. The lowest BCUT2D eigenvalue weighted by atomic mass is 10.0. The Morgan fingerprint density at radius 1 is 1.19 bits per heavy atom. The Balaban J connectivity index is 1.64. The highest BCUT2D eigenvalue weighted by molar-refractivity contribution is 5.86. The van der Waals surface area contributed by atoms with E-state index in [0.29, 0.717) is 28.6 Å². The second-order valence-electron chi connectivity index (χ2n) is 8.15. The molecule has 1 fully saturated rings. The third-order valence-electron chi connectivity index (χ3n) is 6.44. The maximum atomic E-state index is 12.5. The predicted molar refractivity (Wildman–Crippen MR) is 124 cm³/mol. The smallest absolute Gasteiger partial charge is 0.349 e. The van der Waals surface area contributed by atoms with E-state index in [1.54, 1.807) is 26.3 Å². The third-order valence-corrected chi connectivity index (χ3v) is 6.44. The SMILES string of the molecule is CCC1CN(c2nc(=O)n(C)c3ccc(C#N)nc23)CCN1C(C)c1ccc(OC)cc1. The second-order valence-corrected chi connectivity index (χ2v) is 8.15. The predicted octanol–water partition coefficient (Wildman–Crippen LogP) is 2.87. The van der Waals surface area contributed by atoms with Crippen molar-refractivity contribution in [1.29, 1.82) is 5.26 Å². The lowest BCUT2D eigenvalue weighted by Crippen LogP contribution is -2.54. The molecule has 1 aliphatic rings. The Bertz CT molecular complexity index is 1210. The second kappa shape index (κ2) is 8.97. The molecule has 0 bridgehead atoms. The van der Waals surface area contributed by atoms with Gasteiger partial charge >= 0.3 is 5.69 Å². The van der Waals surface area contributed by atoms with Crippen molar-refractivity contribution in [3.63, 3.8) is 0 Å². The van der Waals surface area contributed by atoms with E-state index >= 15 is 0 Å². The quantitative estimate of drug-likeness (QED) is 0.613. The minimum absolute atomic E-state index is 0.254. The molecule has 0 aliphatic carbocycles. The minimum atomic E-state index is -0.318. The Morgan fingerprint density at radius 3 is 2.59 bits per heavy atom. The van der Waals surface area contributed by atoms with Gasteiger partial charge in [-0.15, -0.1) is 0 Å². The highest BCUT2D eigenvalue weighted by atomic mass is 16.5. The summed E-state index contributed by atoms with van der Waals surface area (Å²) >= 11 is 0. The lowest BCUT2D eigenvalue weighted by Gasteiger charge is -2.44. The summed E-state index contributed by atoms with van der Waals surface area (Å²) in [5.41, 5.74) is 2.52. The number of anilines is 1. The van der Waals surface area contributed by atoms with Gasteiger partial charge in [-0.2, -0.15) is 10.2 Å². The normalized spacial score (nSPS) is 17.8. The number of rotatable bonds is 5. The molecular formula is C24H28N6O2. The summed E-state index contributed by atoms with van der Waals surface area (Å²) < 4.78 is 6.77. The van der Waals surface area contributed by atoms with Crippen molar-refractivity contribution >= 4 is 16.9 Å². The van der Waals surface area contributed by atoms with E-state index in [-0.39, 0.29) is 11.7 Å². The first-order valence-corrected chi connectivity index (χ1v) is 10.9. The van der Waals surface area contributed by atoms with Crippen LogP contribution in [0.1, 0.15) is 37.6 Å². The number of ether oxygens (including phenoxy) is 1. The van der Waals surface area contributed by atoms with Crippen molar-refractivity contribution in [1.82, 2.24) is 19.4 Å². The summed E-state index contributed by atoms with van der Waals surface area (Å²) in [5, 5.41) is 9.31. The molecule has 1 aromatic carbocycles. The Hall–Kier alpha value is -3.44. The van der Waals surface area contributed by atoms with Crippen LogP contribution in [0.2, 0.25) is 0 Å². The summed E-state index contributed by atoms with van der Waals surface area (Å²) in [6.45, 7) is 6.72. The average Bonchev–Trinajstić information content (AvgIpc) is 2.85. The zero-order valence-corrected chi connectivity index (χ0v) is 18.9. The zero-order chi connectivity index (χ0) is 22.8. The molecule has 2 unspecified atom stereocenters. The summed E-state index contributed by atoms with van der Waals surface area (Å²) in [4.78, 5) is 26.0. The Morgan fingerprint density at radius 2 is 1.94 bits per heavy atom. The van der Waals surface area contributed by atoms with Crippen LogP contribution in [-0.2, 0) is 7.05 Å². The maximum absolute atomic E-state index is 12.5. The van der Waals surface area contributed by atoms with Crippen LogP contribution in [0.4, 0.5) is 5.82 Å². The van der Waals surface area contributed by atoms with Crippen LogP contribution in [-0.4, -0.2) is 52.2 Å². The number of nitriles is 1. The third kappa shape index (κ3) is 3.92. The van der Waals surface area contributed by atoms with Crippen molar-refractivity contribution in [3.05, 3.63) is 58.1 Å². The molecule has 1 saturated heterocycles. The van der Waals surface area contributed by atoms with Crippen LogP contribution in [0.15, 0.2) is 41.2 Å². The number of methoxy groups -OCH3 is 1. The molecule has 0 radical (unpaired) electrons. The van der Waals surface area contributed by atoms with Gasteiger partial charge in [-0.05, 0) is 43.2 Å². The number of fused-ring (bicyclic) bond motifs is 1. The van der Waals surface area contributed by atoms with Gasteiger partial charge in [0.05, 0.1) is 12.6 Å². The number of piperazine rings is 1. The summed E-state index contributed by atoms with van der Waals surface area (Å²) in [5.74, 6) is 1.42. The molecular weight excluding hydrogens is 404 g/mol. The van der Waals surface area contributed by atoms with Crippen molar-refractivity contribution < 1.29 is 4.74 Å². The first kappa shape index (κ1) is 21.8. The van der Waals surface area contributed by atoms with Gasteiger partial charge in [0.2, 0.25) is 0 Å². The zero-order valence-electron chi connectivity index (χ0n) is 18.9. The molecule has 166 valence electrons. The molecule has 8 nitrogen and oxygen atoms in total. The molecule has 4 rings (SSSR count). The van der Waals surface area contributed by atoms with Gasteiger partial charge in [-0.1, -0.05) is 19.1 Å². The van der Waals surface area contributed by atoms with Gasteiger partial charge in [0.25, 0.3) is 0 Å². The number of aromatic nitrogens is 3. The fourth-order valence-corrected chi connectivity index (χ4v) is 4.50. The monoisotopic (exact) mass is 432 g/mol. The van der Waals surface area contributed by atoms with Gasteiger partial charge in [-0.25, -0.2) is 9.78 Å². The standard InChI is InChI=1S/C24H28N6O2/c1-5-19-15-29(12-13-30(19)16(2)17-6-9-20(32-4)10-7-17)23-22-21(28(3)24(31)27-23)11-8-18(14-25)26-22/h6-11,16,19H,5,12-13,15H2,1-4H3. The molecule has 2 atom stereocenters. The molecule has 2 aromatic heterocycles. The molecule has 0 saturated carbocycles. The van der Waals surface area contributed by atoms with Gasteiger partial charge in [0.15, 0.2) is 5.82 Å². The molecule has 0 amide bonds. The van der Waals surface area contributed by atoms with E-state index in [1.807, 2.05) is 12.1 Å². The molecule has 8 heteroatoms. The first-order valence-electron chi connectivity index (χ1n) is 10.9. The van der Waals surface area contributed by atoms with Crippen LogP contribution >= 0.6 is 0 Å². The van der Waals surface area contributed by atoms with E-state index in [2.05, 4.69) is 51.8 Å². The van der Waals surface area contributed by atoms with Crippen molar-refractivity contribution in [2.24, 2.45) is 7.05 Å². The van der Waals surface area contributed by atoms with E-state index in [4.69, 9.17) is 4.74 Å². The van der Waals surface area contributed by atoms with Gasteiger partial charge < -0.3 is 9.64 Å². The van der Waals surface area contributed by atoms with Crippen molar-refractivity contribution in [2.75, 3.05) is 31.6 Å². The average molecular weight is 433 g/mol. The van der Waals surface area contributed by atoms with Crippen molar-refractivity contribution in [2.45, 2.75) is 32.4 Å².